The number of anilines is 1. The summed E-state index contributed by atoms with van der Waals surface area (Å²) in [4.78, 5) is 19.7. The lowest BCUT2D eigenvalue weighted by Gasteiger charge is -2.31. The van der Waals surface area contributed by atoms with Gasteiger partial charge in [0.2, 0.25) is 0 Å². The molecule has 0 spiro atoms. The summed E-state index contributed by atoms with van der Waals surface area (Å²) >= 11 is 7.40. The maximum atomic E-state index is 13.0. The van der Waals surface area contributed by atoms with Gasteiger partial charge in [-0.25, -0.2) is 4.98 Å². The lowest BCUT2D eigenvalue weighted by Crippen LogP contribution is -2.38. The molecule has 1 aliphatic rings. The van der Waals surface area contributed by atoms with Gasteiger partial charge >= 0.3 is 0 Å². The highest BCUT2D eigenvalue weighted by molar-refractivity contribution is 7.99. The van der Waals surface area contributed by atoms with Crippen molar-refractivity contribution in [1.29, 1.82) is 5.26 Å². The highest BCUT2D eigenvalue weighted by Gasteiger charge is 2.24. The number of methoxy groups -OCH3 is 1. The zero-order valence-electron chi connectivity index (χ0n) is 14.9. The van der Waals surface area contributed by atoms with Gasteiger partial charge in [0, 0.05) is 16.3 Å². The number of hydrogen-bond donors (Lipinski definition) is 0. The Morgan fingerprint density at radius 1 is 1.18 bits per heavy atom. The van der Waals surface area contributed by atoms with Crippen LogP contribution in [0.1, 0.15) is 5.56 Å². The first-order chi connectivity index (χ1) is 13.6. The van der Waals surface area contributed by atoms with E-state index in [0.717, 1.165) is 11.4 Å². The second-order valence-corrected chi connectivity index (χ2v) is 7.47. The van der Waals surface area contributed by atoms with Crippen molar-refractivity contribution in [3.8, 4) is 23.1 Å². The molecule has 2 aromatic carbocycles. The van der Waals surface area contributed by atoms with Crippen LogP contribution in [0.15, 0.2) is 58.5 Å². The number of ether oxygens (including phenoxy) is 1. The fraction of sp³-hybridized carbons (Fsp3) is 0.150. The van der Waals surface area contributed by atoms with Crippen molar-refractivity contribution < 1.29 is 4.74 Å². The quantitative estimate of drug-likeness (QED) is 0.608. The molecule has 0 unspecified atom stereocenters. The normalized spacial score (nSPS) is 13.0. The molecule has 8 heteroatoms. The van der Waals surface area contributed by atoms with Gasteiger partial charge in [-0.3, -0.25) is 9.36 Å². The Bertz CT molecular complexity index is 1120. The average Bonchev–Trinajstić information content (AvgIpc) is 2.74. The summed E-state index contributed by atoms with van der Waals surface area (Å²) in [5.41, 5.74) is 1.73. The summed E-state index contributed by atoms with van der Waals surface area (Å²) in [5.74, 6) is 1.41. The van der Waals surface area contributed by atoms with Crippen molar-refractivity contribution in [1.82, 2.24) is 9.55 Å². The van der Waals surface area contributed by atoms with Crippen LogP contribution in [0.5, 0.6) is 5.75 Å². The van der Waals surface area contributed by atoms with Crippen LogP contribution in [0.3, 0.4) is 0 Å². The van der Waals surface area contributed by atoms with E-state index < -0.39 is 0 Å². The van der Waals surface area contributed by atoms with Crippen molar-refractivity contribution >= 4 is 29.1 Å². The minimum atomic E-state index is -0.344. The number of aromatic nitrogens is 2. The third-order valence-corrected chi connectivity index (χ3v) is 5.73. The Balaban J connectivity index is 1.73. The first kappa shape index (κ1) is 18.4. The number of nitriles is 1. The Morgan fingerprint density at radius 2 is 1.89 bits per heavy atom. The Hall–Kier alpha value is -2.95. The monoisotopic (exact) mass is 410 g/mol. The molecule has 3 aromatic rings. The first-order valence-electron chi connectivity index (χ1n) is 8.43. The number of nitrogens with zero attached hydrogens (tertiary/aromatic N) is 4. The highest BCUT2D eigenvalue weighted by atomic mass is 35.5. The summed E-state index contributed by atoms with van der Waals surface area (Å²) in [6, 6.07) is 16.6. The molecule has 0 saturated carbocycles. The SMILES string of the molecule is COc1ccc(N2CSc3nc(-c4ccc(Cl)cc4)c(C#N)c(=O)n3C2)cc1. The smallest absolute Gasteiger partial charge is 0.274 e. The third kappa shape index (κ3) is 3.33. The molecular weight excluding hydrogens is 396 g/mol. The standard InChI is InChI=1S/C20H15ClN4O2S/c1-27-16-8-6-15(7-9-16)24-11-25-19(26)17(10-22)18(23-20(25)28-12-24)13-2-4-14(21)5-3-13/h2-9H,11-12H2,1H3. The van der Waals surface area contributed by atoms with Crippen LogP contribution in [0.2, 0.25) is 5.02 Å². The van der Waals surface area contributed by atoms with Gasteiger partial charge < -0.3 is 9.64 Å². The van der Waals surface area contributed by atoms with Gasteiger partial charge in [-0.05, 0) is 36.4 Å². The van der Waals surface area contributed by atoms with Crippen LogP contribution in [0.25, 0.3) is 11.3 Å². The maximum absolute atomic E-state index is 13.0. The van der Waals surface area contributed by atoms with E-state index in [0.29, 0.717) is 34.0 Å². The highest BCUT2D eigenvalue weighted by Crippen LogP contribution is 2.30. The third-order valence-electron chi connectivity index (χ3n) is 4.46. The Labute approximate surface area is 171 Å². The van der Waals surface area contributed by atoms with Crippen molar-refractivity contribution in [2.24, 2.45) is 0 Å². The topological polar surface area (TPSA) is 71.2 Å². The van der Waals surface area contributed by atoms with Gasteiger partial charge in [0.25, 0.3) is 5.56 Å². The van der Waals surface area contributed by atoms with Gasteiger partial charge in [0.15, 0.2) is 5.16 Å². The van der Waals surface area contributed by atoms with Crippen LogP contribution < -0.4 is 15.2 Å². The fourth-order valence-corrected chi connectivity index (χ4v) is 4.06. The minimum Gasteiger partial charge on any atom is -0.497 e. The molecule has 1 aliphatic heterocycles. The van der Waals surface area contributed by atoms with Crippen molar-refractivity contribution in [3.05, 3.63) is 69.5 Å². The fourth-order valence-electron chi connectivity index (χ4n) is 2.98. The molecule has 0 N–H and O–H groups in total. The molecule has 1 aromatic heterocycles. The molecule has 4 rings (SSSR count). The first-order valence-corrected chi connectivity index (χ1v) is 9.79. The molecule has 0 amide bonds. The lowest BCUT2D eigenvalue weighted by atomic mass is 10.1. The van der Waals surface area contributed by atoms with Crippen LogP contribution in [-0.2, 0) is 6.67 Å². The van der Waals surface area contributed by atoms with Crippen molar-refractivity contribution in [3.63, 3.8) is 0 Å². The van der Waals surface area contributed by atoms with Crippen LogP contribution >= 0.6 is 23.4 Å². The molecule has 0 saturated heterocycles. The van der Waals surface area contributed by atoms with Gasteiger partial charge in [-0.15, -0.1) is 0 Å². The van der Waals surface area contributed by atoms with Crippen LogP contribution in [-0.4, -0.2) is 22.5 Å². The summed E-state index contributed by atoms with van der Waals surface area (Å²) in [6.45, 7) is 0.329. The average molecular weight is 411 g/mol. The van der Waals surface area contributed by atoms with Crippen LogP contribution in [0, 0.1) is 11.3 Å². The Kier molecular flexibility index (Phi) is 4.99. The number of halogens is 1. The van der Waals surface area contributed by atoms with Gasteiger partial charge in [-0.1, -0.05) is 35.5 Å². The zero-order chi connectivity index (χ0) is 19.7. The summed E-state index contributed by atoms with van der Waals surface area (Å²) in [5, 5.41) is 10.8. The van der Waals surface area contributed by atoms with Gasteiger partial charge in [-0.2, -0.15) is 5.26 Å². The number of benzene rings is 2. The molecule has 2 heterocycles. The van der Waals surface area contributed by atoms with Crippen molar-refractivity contribution in [2.45, 2.75) is 11.8 Å². The van der Waals surface area contributed by atoms with Crippen molar-refractivity contribution in [2.75, 3.05) is 17.9 Å². The van der Waals surface area contributed by atoms with E-state index in [9.17, 15) is 10.1 Å². The predicted molar refractivity (Wildman–Crippen MR) is 110 cm³/mol. The predicted octanol–water partition coefficient (Wildman–Crippen LogP) is 3.97. The molecule has 0 fully saturated rings. The summed E-state index contributed by atoms with van der Waals surface area (Å²) in [7, 11) is 1.62. The molecule has 140 valence electrons. The maximum Gasteiger partial charge on any atom is 0.274 e. The molecule has 0 radical (unpaired) electrons. The zero-order valence-corrected chi connectivity index (χ0v) is 16.5. The Morgan fingerprint density at radius 3 is 2.54 bits per heavy atom. The largest absolute Gasteiger partial charge is 0.497 e. The van der Waals surface area contributed by atoms with E-state index in [-0.39, 0.29) is 11.1 Å². The number of fused-ring (bicyclic) bond motifs is 1. The second-order valence-electron chi connectivity index (χ2n) is 6.12. The van der Waals surface area contributed by atoms with E-state index in [4.69, 9.17) is 16.3 Å². The van der Waals surface area contributed by atoms with E-state index in [1.165, 1.54) is 16.3 Å². The molecular formula is C20H15ClN4O2S. The van der Waals surface area contributed by atoms with Crippen LogP contribution in [0.4, 0.5) is 5.69 Å². The second kappa shape index (κ2) is 7.58. The minimum absolute atomic E-state index is 0.0308. The van der Waals surface area contributed by atoms with Gasteiger partial charge in [0.05, 0.1) is 18.7 Å². The van der Waals surface area contributed by atoms with E-state index in [1.54, 1.807) is 31.4 Å². The number of thioether (sulfide) groups is 1. The van der Waals surface area contributed by atoms with E-state index >= 15 is 0 Å². The number of rotatable bonds is 3. The summed E-state index contributed by atoms with van der Waals surface area (Å²) in [6.07, 6.45) is 0. The van der Waals surface area contributed by atoms with E-state index in [1.807, 2.05) is 35.2 Å². The van der Waals surface area contributed by atoms with E-state index in [2.05, 4.69) is 4.98 Å². The lowest BCUT2D eigenvalue weighted by molar-refractivity contribution is 0.414. The molecule has 28 heavy (non-hydrogen) atoms. The molecule has 0 atom stereocenters. The summed E-state index contributed by atoms with van der Waals surface area (Å²) < 4.78 is 6.73. The molecule has 0 aliphatic carbocycles. The molecule has 0 bridgehead atoms. The van der Waals surface area contributed by atoms with Gasteiger partial charge in [0.1, 0.15) is 24.1 Å². The number of hydrogen-bond acceptors (Lipinski definition) is 6. The molecule has 6 nitrogen and oxygen atoms in total.